The number of ether oxygens (including phenoxy) is 2. The number of hydrogen-bond acceptors (Lipinski definition) is 6. The van der Waals surface area contributed by atoms with Crippen LogP contribution in [0.15, 0.2) is 95.4 Å². The van der Waals surface area contributed by atoms with Crippen LogP contribution in [-0.2, 0) is 0 Å². The Labute approximate surface area is 178 Å². The second-order valence-electron chi connectivity index (χ2n) is 6.99. The number of nitrogens with zero attached hydrogens (tertiary/aromatic N) is 1. The van der Waals surface area contributed by atoms with Crippen LogP contribution in [0.2, 0.25) is 0 Å². The van der Waals surface area contributed by atoms with Gasteiger partial charge in [0.1, 0.15) is 28.5 Å². The second kappa shape index (κ2) is 7.76. The first-order valence-electron chi connectivity index (χ1n) is 9.71. The lowest BCUT2D eigenvalue weighted by atomic mass is 10.2. The molecule has 31 heavy (non-hydrogen) atoms. The number of anilines is 2. The molecule has 4 N–H and O–H groups in total. The Morgan fingerprint density at radius 1 is 0.645 bits per heavy atom. The molecule has 1 aromatic heterocycles. The quantitative estimate of drug-likeness (QED) is 0.333. The highest BCUT2D eigenvalue weighted by atomic mass is 16.5. The van der Waals surface area contributed by atoms with Gasteiger partial charge in [-0.15, -0.1) is 0 Å². The molecular formula is C25H19N3O3. The number of aromatic nitrogens is 1. The van der Waals surface area contributed by atoms with E-state index in [9.17, 15) is 0 Å². The van der Waals surface area contributed by atoms with Gasteiger partial charge in [0.15, 0.2) is 5.58 Å². The normalized spacial score (nSPS) is 10.8. The van der Waals surface area contributed by atoms with Crippen molar-refractivity contribution in [1.82, 2.24) is 4.98 Å². The van der Waals surface area contributed by atoms with Crippen molar-refractivity contribution in [3.05, 3.63) is 91.0 Å². The zero-order valence-electron chi connectivity index (χ0n) is 16.5. The number of fused-ring (bicyclic) bond motifs is 1. The Morgan fingerprint density at radius 3 is 2.16 bits per heavy atom. The fourth-order valence-corrected chi connectivity index (χ4v) is 3.17. The van der Waals surface area contributed by atoms with E-state index in [2.05, 4.69) is 4.98 Å². The number of oxazole rings is 1. The van der Waals surface area contributed by atoms with Crippen LogP contribution in [0, 0.1) is 0 Å². The average Bonchev–Trinajstić information content (AvgIpc) is 3.19. The number of rotatable bonds is 5. The van der Waals surface area contributed by atoms with E-state index in [4.69, 9.17) is 25.4 Å². The van der Waals surface area contributed by atoms with Crippen LogP contribution in [-0.4, -0.2) is 4.98 Å². The van der Waals surface area contributed by atoms with Gasteiger partial charge in [0.2, 0.25) is 5.89 Å². The van der Waals surface area contributed by atoms with Crippen LogP contribution in [0.1, 0.15) is 0 Å². The van der Waals surface area contributed by atoms with Gasteiger partial charge >= 0.3 is 0 Å². The smallest absolute Gasteiger partial charge is 0.231 e. The fraction of sp³-hybridized carbons (Fsp3) is 0. The topological polar surface area (TPSA) is 96.5 Å². The molecule has 0 amide bonds. The number of benzene rings is 4. The minimum Gasteiger partial charge on any atom is -0.457 e. The predicted molar refractivity (Wildman–Crippen MR) is 121 cm³/mol. The van der Waals surface area contributed by atoms with Gasteiger partial charge in [0.05, 0.1) is 5.56 Å². The van der Waals surface area contributed by atoms with Crippen LogP contribution in [0.25, 0.3) is 22.6 Å². The van der Waals surface area contributed by atoms with Crippen molar-refractivity contribution in [2.75, 3.05) is 11.5 Å². The summed E-state index contributed by atoms with van der Waals surface area (Å²) >= 11 is 0. The van der Waals surface area contributed by atoms with Crippen molar-refractivity contribution < 1.29 is 13.9 Å². The number of nitrogen functional groups attached to an aromatic ring is 2. The maximum absolute atomic E-state index is 6.04. The highest BCUT2D eigenvalue weighted by Gasteiger charge is 2.15. The Bertz CT molecular complexity index is 1350. The molecule has 0 saturated heterocycles. The van der Waals surface area contributed by atoms with E-state index in [0.29, 0.717) is 56.9 Å². The molecule has 4 aromatic carbocycles. The molecule has 152 valence electrons. The first-order valence-corrected chi connectivity index (χ1v) is 9.71. The molecule has 0 bridgehead atoms. The Kier molecular flexibility index (Phi) is 4.65. The maximum Gasteiger partial charge on any atom is 0.231 e. The van der Waals surface area contributed by atoms with Gasteiger partial charge < -0.3 is 25.4 Å². The molecule has 0 aliphatic carbocycles. The third kappa shape index (κ3) is 4.00. The van der Waals surface area contributed by atoms with Gasteiger partial charge in [-0.1, -0.05) is 18.2 Å². The van der Waals surface area contributed by atoms with Crippen LogP contribution in [0.3, 0.4) is 0 Å². The van der Waals surface area contributed by atoms with E-state index in [1.54, 1.807) is 24.3 Å². The highest BCUT2D eigenvalue weighted by molar-refractivity contribution is 5.79. The molecule has 0 aliphatic heterocycles. The predicted octanol–water partition coefficient (Wildman–Crippen LogP) is 6.24. The fourth-order valence-electron chi connectivity index (χ4n) is 3.17. The molecule has 0 fully saturated rings. The summed E-state index contributed by atoms with van der Waals surface area (Å²) in [6, 6.07) is 27.6. The molecule has 0 aliphatic rings. The summed E-state index contributed by atoms with van der Waals surface area (Å²) in [5.41, 5.74) is 15.0. The molecule has 5 aromatic rings. The van der Waals surface area contributed by atoms with Crippen molar-refractivity contribution >= 4 is 22.5 Å². The summed E-state index contributed by atoms with van der Waals surface area (Å²) in [5, 5.41) is 0. The van der Waals surface area contributed by atoms with Crippen LogP contribution in [0.5, 0.6) is 23.0 Å². The summed E-state index contributed by atoms with van der Waals surface area (Å²) < 4.78 is 17.9. The molecule has 0 radical (unpaired) electrons. The summed E-state index contributed by atoms with van der Waals surface area (Å²) in [5.74, 6) is 3.04. The third-order valence-corrected chi connectivity index (χ3v) is 4.68. The Balaban J connectivity index is 1.48. The maximum atomic E-state index is 6.04. The van der Waals surface area contributed by atoms with E-state index in [1.807, 2.05) is 66.7 Å². The minimum atomic E-state index is 0.436. The Hall–Kier alpha value is -4.45. The van der Waals surface area contributed by atoms with E-state index < -0.39 is 0 Å². The molecule has 0 saturated carbocycles. The van der Waals surface area contributed by atoms with Gasteiger partial charge in [-0.25, -0.2) is 4.98 Å². The number of para-hydroxylation sites is 1. The molecule has 6 heteroatoms. The van der Waals surface area contributed by atoms with E-state index in [0.717, 1.165) is 0 Å². The second-order valence-corrected chi connectivity index (χ2v) is 6.99. The SMILES string of the molecule is Nc1ccc(Oc2ccc3oc(-c4ccc(N)cc4Oc4ccccc4)nc3c2)cc1. The lowest BCUT2D eigenvalue weighted by molar-refractivity contribution is 0.481. The lowest BCUT2D eigenvalue weighted by Crippen LogP contribution is -1.91. The zero-order valence-corrected chi connectivity index (χ0v) is 16.5. The molecule has 5 rings (SSSR count). The van der Waals surface area contributed by atoms with Gasteiger partial charge in [-0.2, -0.15) is 0 Å². The van der Waals surface area contributed by atoms with Gasteiger partial charge in [-0.05, 0) is 60.7 Å². The van der Waals surface area contributed by atoms with Crippen molar-refractivity contribution in [2.24, 2.45) is 0 Å². The minimum absolute atomic E-state index is 0.436. The first kappa shape index (κ1) is 18.6. The van der Waals surface area contributed by atoms with Crippen LogP contribution >= 0.6 is 0 Å². The molecule has 6 nitrogen and oxygen atoms in total. The largest absolute Gasteiger partial charge is 0.457 e. The van der Waals surface area contributed by atoms with Crippen molar-refractivity contribution in [1.29, 1.82) is 0 Å². The van der Waals surface area contributed by atoms with Gasteiger partial charge in [0, 0.05) is 23.5 Å². The zero-order chi connectivity index (χ0) is 21.2. The van der Waals surface area contributed by atoms with Crippen LogP contribution in [0.4, 0.5) is 11.4 Å². The van der Waals surface area contributed by atoms with Crippen molar-refractivity contribution in [3.8, 4) is 34.5 Å². The van der Waals surface area contributed by atoms with Crippen molar-refractivity contribution in [3.63, 3.8) is 0 Å². The van der Waals surface area contributed by atoms with E-state index >= 15 is 0 Å². The molecule has 0 spiro atoms. The van der Waals surface area contributed by atoms with E-state index in [1.165, 1.54) is 0 Å². The van der Waals surface area contributed by atoms with E-state index in [-0.39, 0.29) is 0 Å². The summed E-state index contributed by atoms with van der Waals surface area (Å²) in [6.07, 6.45) is 0. The van der Waals surface area contributed by atoms with Gasteiger partial charge in [-0.3, -0.25) is 0 Å². The summed E-state index contributed by atoms with van der Waals surface area (Å²) in [4.78, 5) is 4.64. The summed E-state index contributed by atoms with van der Waals surface area (Å²) in [6.45, 7) is 0. The average molecular weight is 409 g/mol. The highest BCUT2D eigenvalue weighted by Crippen LogP contribution is 2.37. The summed E-state index contributed by atoms with van der Waals surface area (Å²) in [7, 11) is 0. The number of nitrogens with two attached hydrogens (primary N) is 2. The third-order valence-electron chi connectivity index (χ3n) is 4.68. The Morgan fingerprint density at radius 2 is 1.35 bits per heavy atom. The molecule has 1 heterocycles. The van der Waals surface area contributed by atoms with Crippen molar-refractivity contribution in [2.45, 2.75) is 0 Å². The molecular weight excluding hydrogens is 390 g/mol. The lowest BCUT2D eigenvalue weighted by Gasteiger charge is -2.10. The molecule has 0 atom stereocenters. The standard InChI is InChI=1S/C25H19N3O3/c26-16-6-9-19(10-7-16)29-20-11-13-23-22(15-20)28-25(31-23)21-12-8-17(27)14-24(21)30-18-4-2-1-3-5-18/h1-15H,26-27H2. The number of hydrogen-bond donors (Lipinski definition) is 2. The molecule has 0 unspecified atom stereocenters. The van der Waals surface area contributed by atoms with Gasteiger partial charge in [0.25, 0.3) is 0 Å². The van der Waals surface area contributed by atoms with Crippen LogP contribution < -0.4 is 20.9 Å². The monoisotopic (exact) mass is 409 g/mol. The first-order chi connectivity index (χ1) is 15.1.